The Morgan fingerprint density at radius 3 is 2.22 bits per heavy atom. The van der Waals surface area contributed by atoms with E-state index in [1.54, 1.807) is 58.7 Å². The minimum atomic E-state index is -0.751. The number of likely N-dealkylation sites (tertiary alicyclic amines) is 1. The van der Waals surface area contributed by atoms with Gasteiger partial charge >= 0.3 is 6.09 Å². The van der Waals surface area contributed by atoms with Crippen LogP contribution in [-0.2, 0) is 20.9 Å². The number of hydroxylamine groups is 1. The first kappa shape index (κ1) is 27.5. The number of amides is 2. The lowest BCUT2D eigenvalue weighted by Crippen LogP contribution is -2.47. The minimum Gasteiger partial charge on any atom is -0.442 e. The van der Waals surface area contributed by atoms with Crippen molar-refractivity contribution in [2.24, 2.45) is 0 Å². The first-order valence-corrected chi connectivity index (χ1v) is 12.1. The maximum Gasteiger partial charge on any atom is 0.439 e. The summed E-state index contributed by atoms with van der Waals surface area (Å²) in [6, 6.07) is 6.60. The summed E-state index contributed by atoms with van der Waals surface area (Å²) < 4.78 is 18.6. The lowest BCUT2D eigenvalue weighted by molar-refractivity contribution is -0.138. The Bertz CT molecular complexity index is 1030. The molecule has 10 heteroatoms. The predicted octanol–water partition coefficient (Wildman–Crippen LogP) is 4.03. The van der Waals surface area contributed by atoms with E-state index < -0.39 is 11.7 Å². The number of carbonyl (C=O) groups excluding carboxylic acids is 2. The summed E-state index contributed by atoms with van der Waals surface area (Å²) in [5.41, 5.74) is 1.73. The fraction of sp³-hybridized carbons (Fsp3) is 0.538. The molecule has 9 nitrogen and oxygen atoms in total. The Morgan fingerprint density at radius 2 is 1.67 bits per heavy atom. The van der Waals surface area contributed by atoms with Gasteiger partial charge in [-0.25, -0.2) is 19.2 Å². The number of anilines is 1. The summed E-state index contributed by atoms with van der Waals surface area (Å²) in [4.78, 5) is 43.9. The van der Waals surface area contributed by atoms with Gasteiger partial charge in [-0.2, -0.15) is 0 Å². The maximum absolute atomic E-state index is 13.2. The second-order valence-corrected chi connectivity index (χ2v) is 10.1. The number of aromatic nitrogens is 2. The SMILES string of the molecule is Cc1ncnc(C)c1N(OCC(=O)N(C)C1CCN(Cc2ccc(F)cc2)CC1)C(=O)OC(C)(C)C. The lowest BCUT2D eigenvalue weighted by Gasteiger charge is -2.37. The van der Waals surface area contributed by atoms with E-state index in [-0.39, 0.29) is 24.4 Å². The summed E-state index contributed by atoms with van der Waals surface area (Å²) in [6.45, 7) is 10.8. The Hall–Kier alpha value is -3.11. The van der Waals surface area contributed by atoms with Crippen LogP contribution in [-0.4, -0.2) is 70.2 Å². The average Bonchev–Trinajstić information content (AvgIpc) is 2.81. The molecule has 0 bridgehead atoms. The molecule has 3 rings (SSSR count). The van der Waals surface area contributed by atoms with E-state index in [4.69, 9.17) is 9.57 Å². The number of halogens is 1. The number of piperidine rings is 1. The van der Waals surface area contributed by atoms with Crippen molar-refractivity contribution in [3.8, 4) is 0 Å². The van der Waals surface area contributed by atoms with Crippen LogP contribution in [0.25, 0.3) is 0 Å². The second-order valence-electron chi connectivity index (χ2n) is 10.1. The highest BCUT2D eigenvalue weighted by Gasteiger charge is 2.30. The van der Waals surface area contributed by atoms with Gasteiger partial charge in [0.1, 0.15) is 23.4 Å². The smallest absolute Gasteiger partial charge is 0.439 e. The van der Waals surface area contributed by atoms with Crippen molar-refractivity contribution >= 4 is 17.7 Å². The molecule has 1 aromatic carbocycles. The normalized spacial score (nSPS) is 15.0. The van der Waals surface area contributed by atoms with Crippen molar-refractivity contribution < 1.29 is 23.6 Å². The zero-order chi connectivity index (χ0) is 26.5. The number of aryl methyl sites for hydroxylation is 2. The van der Waals surface area contributed by atoms with Gasteiger partial charge in [0.2, 0.25) is 0 Å². The molecule has 0 radical (unpaired) electrons. The molecule has 0 spiro atoms. The molecule has 2 heterocycles. The Balaban J connectivity index is 1.59. The van der Waals surface area contributed by atoms with Gasteiger partial charge in [-0.15, -0.1) is 5.06 Å². The van der Waals surface area contributed by atoms with Crippen molar-refractivity contribution in [2.45, 2.75) is 65.6 Å². The van der Waals surface area contributed by atoms with Crippen LogP contribution in [0.1, 0.15) is 50.6 Å². The number of hydrogen-bond acceptors (Lipinski definition) is 7. The molecule has 2 aromatic rings. The lowest BCUT2D eigenvalue weighted by atomic mass is 10.0. The number of nitrogens with zero attached hydrogens (tertiary/aromatic N) is 5. The fourth-order valence-electron chi connectivity index (χ4n) is 4.13. The Morgan fingerprint density at radius 1 is 1.08 bits per heavy atom. The Kier molecular flexibility index (Phi) is 8.97. The van der Waals surface area contributed by atoms with Crippen molar-refractivity contribution in [2.75, 3.05) is 31.8 Å². The molecule has 1 aliphatic rings. The van der Waals surface area contributed by atoms with Crippen molar-refractivity contribution in [1.29, 1.82) is 0 Å². The topological polar surface area (TPSA) is 88.1 Å². The molecule has 0 atom stereocenters. The van der Waals surface area contributed by atoms with Crippen LogP contribution in [0.15, 0.2) is 30.6 Å². The van der Waals surface area contributed by atoms with Crippen LogP contribution in [0, 0.1) is 19.7 Å². The van der Waals surface area contributed by atoms with E-state index in [2.05, 4.69) is 14.9 Å². The van der Waals surface area contributed by atoms with Crippen LogP contribution < -0.4 is 5.06 Å². The number of benzene rings is 1. The minimum absolute atomic E-state index is 0.0593. The fourth-order valence-corrected chi connectivity index (χ4v) is 4.13. The predicted molar refractivity (Wildman–Crippen MR) is 134 cm³/mol. The molecule has 0 aliphatic carbocycles. The van der Waals surface area contributed by atoms with Gasteiger partial charge in [0.25, 0.3) is 5.91 Å². The van der Waals surface area contributed by atoms with E-state index >= 15 is 0 Å². The highest BCUT2D eigenvalue weighted by atomic mass is 19.1. The van der Waals surface area contributed by atoms with Crippen LogP contribution >= 0.6 is 0 Å². The first-order valence-electron chi connectivity index (χ1n) is 12.1. The third-order valence-corrected chi connectivity index (χ3v) is 6.09. The molecule has 0 saturated carbocycles. The number of hydrogen-bond donors (Lipinski definition) is 0. The van der Waals surface area contributed by atoms with E-state index in [0.717, 1.165) is 43.1 Å². The molecule has 1 aromatic heterocycles. The average molecular weight is 502 g/mol. The van der Waals surface area contributed by atoms with Gasteiger partial charge in [-0.1, -0.05) is 12.1 Å². The van der Waals surface area contributed by atoms with Crippen molar-refractivity contribution in [3.63, 3.8) is 0 Å². The van der Waals surface area contributed by atoms with Gasteiger partial charge in [0.05, 0.1) is 11.4 Å². The summed E-state index contributed by atoms with van der Waals surface area (Å²) in [6.07, 6.45) is 2.28. The first-order chi connectivity index (χ1) is 16.9. The molecular weight excluding hydrogens is 465 g/mol. The molecule has 1 saturated heterocycles. The van der Waals surface area contributed by atoms with E-state index in [9.17, 15) is 14.0 Å². The zero-order valence-corrected chi connectivity index (χ0v) is 22.0. The largest absolute Gasteiger partial charge is 0.442 e. The van der Waals surface area contributed by atoms with E-state index in [1.165, 1.54) is 18.5 Å². The molecule has 1 fully saturated rings. The summed E-state index contributed by atoms with van der Waals surface area (Å²) in [7, 11) is 1.76. The summed E-state index contributed by atoms with van der Waals surface area (Å²) >= 11 is 0. The van der Waals surface area contributed by atoms with Crippen molar-refractivity contribution in [1.82, 2.24) is 19.8 Å². The molecule has 0 unspecified atom stereocenters. The highest BCUT2D eigenvalue weighted by Crippen LogP contribution is 2.24. The van der Waals surface area contributed by atoms with Gasteiger partial charge in [0.15, 0.2) is 6.61 Å². The second kappa shape index (κ2) is 11.7. The zero-order valence-electron chi connectivity index (χ0n) is 22.0. The quantitative estimate of drug-likeness (QED) is 0.530. The number of ether oxygens (including phenoxy) is 1. The van der Waals surface area contributed by atoms with Gasteiger partial charge in [-0.05, 0) is 65.2 Å². The third kappa shape index (κ3) is 7.44. The number of rotatable bonds is 7. The summed E-state index contributed by atoms with van der Waals surface area (Å²) in [5, 5.41) is 0.979. The number of carbonyl (C=O) groups is 2. The molecule has 36 heavy (non-hydrogen) atoms. The van der Waals surface area contributed by atoms with Crippen LogP contribution in [0.4, 0.5) is 14.9 Å². The molecule has 2 amide bonds. The van der Waals surface area contributed by atoms with Gasteiger partial charge < -0.3 is 9.64 Å². The molecular formula is C26H36FN5O4. The van der Waals surface area contributed by atoms with Crippen molar-refractivity contribution in [3.05, 3.63) is 53.4 Å². The van der Waals surface area contributed by atoms with Gasteiger partial charge in [-0.3, -0.25) is 14.5 Å². The van der Waals surface area contributed by atoms with Crippen LogP contribution in [0.2, 0.25) is 0 Å². The van der Waals surface area contributed by atoms with Crippen LogP contribution in [0.3, 0.4) is 0 Å². The van der Waals surface area contributed by atoms with E-state index in [1.807, 2.05) is 0 Å². The Labute approximate surface area is 212 Å². The van der Waals surface area contributed by atoms with E-state index in [0.29, 0.717) is 17.1 Å². The summed E-state index contributed by atoms with van der Waals surface area (Å²) in [5.74, 6) is -0.483. The molecule has 1 aliphatic heterocycles. The number of likely N-dealkylation sites (N-methyl/N-ethyl adjacent to an activating group) is 1. The molecule has 196 valence electrons. The molecule has 0 N–H and O–H groups in total. The third-order valence-electron chi connectivity index (χ3n) is 6.09. The standard InChI is InChI=1S/C26H36FN5O4/c1-18-24(19(2)29-17-28-18)32(25(34)36-26(3,4)5)35-16-23(33)30(6)22-11-13-31(14-12-22)15-20-7-9-21(27)10-8-20/h7-10,17,22H,11-16H2,1-6H3. The monoisotopic (exact) mass is 501 g/mol. The maximum atomic E-state index is 13.2. The highest BCUT2D eigenvalue weighted by molar-refractivity contribution is 5.87. The van der Waals surface area contributed by atoms with Gasteiger partial charge in [0, 0.05) is 32.7 Å². The van der Waals surface area contributed by atoms with Crippen LogP contribution in [0.5, 0.6) is 0 Å².